The van der Waals surface area contributed by atoms with E-state index in [9.17, 15) is 9.18 Å². The summed E-state index contributed by atoms with van der Waals surface area (Å²) in [5, 5.41) is 5.30. The summed E-state index contributed by atoms with van der Waals surface area (Å²) in [4.78, 5) is 15.7. The Bertz CT molecular complexity index is 577. The largest absolute Gasteiger partial charge is 0.332 e. The molecule has 4 nitrogen and oxygen atoms in total. The van der Waals surface area contributed by atoms with E-state index in [1.165, 1.54) is 12.1 Å². The highest BCUT2D eigenvalue weighted by atomic mass is 35.5. The van der Waals surface area contributed by atoms with Crippen molar-refractivity contribution in [3.63, 3.8) is 0 Å². The van der Waals surface area contributed by atoms with Crippen LogP contribution in [0.1, 0.15) is 5.69 Å². The highest BCUT2D eigenvalue weighted by Gasteiger charge is 2.06. The molecule has 0 atom stereocenters. The average Bonchev–Trinajstić information content (AvgIpc) is 2.41. The van der Waals surface area contributed by atoms with Crippen LogP contribution in [0.3, 0.4) is 0 Å². The van der Waals surface area contributed by atoms with Crippen molar-refractivity contribution < 1.29 is 9.18 Å². The Hall–Kier alpha value is -2.14. The Morgan fingerprint density at radius 3 is 2.84 bits per heavy atom. The van der Waals surface area contributed by atoms with Gasteiger partial charge in [-0.05, 0) is 30.3 Å². The van der Waals surface area contributed by atoms with E-state index in [-0.39, 0.29) is 5.02 Å². The lowest BCUT2D eigenvalue weighted by Gasteiger charge is -2.08. The molecule has 1 aromatic heterocycles. The van der Waals surface area contributed by atoms with Gasteiger partial charge in [0.1, 0.15) is 5.82 Å². The van der Waals surface area contributed by atoms with Crippen LogP contribution in [0.4, 0.5) is 14.9 Å². The van der Waals surface area contributed by atoms with Crippen molar-refractivity contribution in [1.82, 2.24) is 10.3 Å². The van der Waals surface area contributed by atoms with Crippen LogP contribution >= 0.6 is 11.6 Å². The second-order valence-corrected chi connectivity index (χ2v) is 4.16. The third kappa shape index (κ3) is 3.93. The Balaban J connectivity index is 1.91. The van der Waals surface area contributed by atoms with Crippen molar-refractivity contribution in [2.24, 2.45) is 0 Å². The number of carbonyl (C=O) groups excluding carboxylic acids is 1. The van der Waals surface area contributed by atoms with Crippen LogP contribution < -0.4 is 10.6 Å². The Kier molecular flexibility index (Phi) is 4.30. The fourth-order valence-corrected chi connectivity index (χ4v) is 1.65. The molecule has 0 unspecified atom stereocenters. The zero-order chi connectivity index (χ0) is 13.7. The summed E-state index contributed by atoms with van der Waals surface area (Å²) in [5.41, 5.74) is 1.09. The van der Waals surface area contributed by atoms with Crippen molar-refractivity contribution >= 4 is 23.3 Å². The summed E-state index contributed by atoms with van der Waals surface area (Å²) >= 11 is 5.80. The van der Waals surface area contributed by atoms with Crippen LogP contribution in [0.25, 0.3) is 0 Å². The molecule has 2 N–H and O–H groups in total. The van der Waals surface area contributed by atoms with Gasteiger partial charge >= 0.3 is 6.03 Å². The number of nitrogens with one attached hydrogen (secondary N) is 2. The number of hydrogen-bond donors (Lipinski definition) is 2. The molecule has 0 radical (unpaired) electrons. The van der Waals surface area contributed by atoms with Gasteiger partial charge in [0.15, 0.2) is 0 Å². The van der Waals surface area contributed by atoms with Gasteiger partial charge in [0, 0.05) is 6.20 Å². The number of halogens is 2. The van der Waals surface area contributed by atoms with Gasteiger partial charge in [-0.2, -0.15) is 0 Å². The average molecular weight is 280 g/mol. The first-order chi connectivity index (χ1) is 9.15. The van der Waals surface area contributed by atoms with E-state index in [1.54, 1.807) is 18.3 Å². The monoisotopic (exact) mass is 279 g/mol. The van der Waals surface area contributed by atoms with E-state index < -0.39 is 11.8 Å². The maximum atomic E-state index is 12.8. The Morgan fingerprint density at radius 2 is 2.16 bits per heavy atom. The molecular weight excluding hydrogens is 269 g/mol. The summed E-state index contributed by atoms with van der Waals surface area (Å²) in [6, 6.07) is 8.75. The van der Waals surface area contributed by atoms with Gasteiger partial charge in [0.25, 0.3) is 0 Å². The predicted octanol–water partition coefficient (Wildman–Crippen LogP) is 3.20. The summed E-state index contributed by atoms with van der Waals surface area (Å²) in [7, 11) is 0. The standard InChI is InChI=1S/C13H11ClFN3O/c14-11-7-9(15)4-5-12(11)18-13(19)17-8-10-3-1-2-6-16-10/h1-7H,8H2,(H2,17,18,19). The van der Waals surface area contributed by atoms with Gasteiger partial charge < -0.3 is 10.6 Å². The molecule has 2 aromatic rings. The number of rotatable bonds is 3. The lowest BCUT2D eigenvalue weighted by atomic mass is 10.3. The number of hydrogen-bond acceptors (Lipinski definition) is 2. The molecule has 98 valence electrons. The van der Waals surface area contributed by atoms with Crippen molar-refractivity contribution in [2.45, 2.75) is 6.54 Å². The minimum atomic E-state index is -0.454. The molecule has 0 saturated carbocycles. The minimum absolute atomic E-state index is 0.146. The van der Waals surface area contributed by atoms with Crippen LogP contribution in [0.15, 0.2) is 42.6 Å². The molecule has 19 heavy (non-hydrogen) atoms. The molecule has 2 amide bonds. The van der Waals surface area contributed by atoms with E-state index in [4.69, 9.17) is 11.6 Å². The van der Waals surface area contributed by atoms with Gasteiger partial charge in [-0.1, -0.05) is 17.7 Å². The first kappa shape index (κ1) is 13.3. The third-order valence-corrected chi connectivity index (χ3v) is 2.65. The van der Waals surface area contributed by atoms with Crippen LogP contribution in [0, 0.1) is 5.82 Å². The molecule has 0 spiro atoms. The molecule has 0 bridgehead atoms. The molecule has 1 heterocycles. The second-order valence-electron chi connectivity index (χ2n) is 3.75. The summed E-state index contributed by atoms with van der Waals surface area (Å²) in [6.07, 6.45) is 1.64. The lowest BCUT2D eigenvalue weighted by molar-refractivity contribution is 0.251. The third-order valence-electron chi connectivity index (χ3n) is 2.34. The smallest absolute Gasteiger partial charge is 0.319 e. The molecule has 0 saturated heterocycles. The quantitative estimate of drug-likeness (QED) is 0.906. The van der Waals surface area contributed by atoms with Crippen LogP contribution in [-0.4, -0.2) is 11.0 Å². The van der Waals surface area contributed by atoms with Gasteiger partial charge in [0.05, 0.1) is 22.9 Å². The van der Waals surface area contributed by atoms with E-state index in [0.29, 0.717) is 12.2 Å². The molecule has 0 fully saturated rings. The number of nitrogens with zero attached hydrogens (tertiary/aromatic N) is 1. The summed E-state index contributed by atoms with van der Waals surface area (Å²) in [6.45, 7) is 0.297. The van der Waals surface area contributed by atoms with Gasteiger partial charge in [-0.25, -0.2) is 9.18 Å². The van der Waals surface area contributed by atoms with Crippen LogP contribution in [0.2, 0.25) is 5.02 Å². The maximum absolute atomic E-state index is 12.8. The van der Waals surface area contributed by atoms with Crippen LogP contribution in [-0.2, 0) is 6.54 Å². The highest BCUT2D eigenvalue weighted by Crippen LogP contribution is 2.22. The lowest BCUT2D eigenvalue weighted by Crippen LogP contribution is -2.28. The van der Waals surface area contributed by atoms with Crippen molar-refractivity contribution in [3.05, 3.63) is 59.1 Å². The number of amides is 2. The molecule has 0 aliphatic carbocycles. The SMILES string of the molecule is O=C(NCc1ccccn1)Nc1ccc(F)cc1Cl. The highest BCUT2D eigenvalue weighted by molar-refractivity contribution is 6.33. The van der Waals surface area contributed by atoms with Crippen molar-refractivity contribution in [3.8, 4) is 0 Å². The normalized spacial score (nSPS) is 10.0. The molecule has 0 aliphatic rings. The van der Waals surface area contributed by atoms with Gasteiger partial charge in [-0.15, -0.1) is 0 Å². The van der Waals surface area contributed by atoms with Gasteiger partial charge in [-0.3, -0.25) is 4.98 Å². The van der Waals surface area contributed by atoms with E-state index in [0.717, 1.165) is 11.8 Å². The molecule has 2 rings (SSSR count). The maximum Gasteiger partial charge on any atom is 0.319 e. The van der Waals surface area contributed by atoms with E-state index >= 15 is 0 Å². The first-order valence-corrected chi connectivity index (χ1v) is 5.93. The van der Waals surface area contributed by atoms with Crippen LogP contribution in [0.5, 0.6) is 0 Å². The predicted molar refractivity (Wildman–Crippen MR) is 71.5 cm³/mol. The topological polar surface area (TPSA) is 54.0 Å². The zero-order valence-corrected chi connectivity index (χ0v) is 10.6. The fraction of sp³-hybridized carbons (Fsp3) is 0.0769. The zero-order valence-electron chi connectivity index (χ0n) is 9.86. The number of urea groups is 1. The Morgan fingerprint density at radius 1 is 1.32 bits per heavy atom. The van der Waals surface area contributed by atoms with E-state index in [2.05, 4.69) is 15.6 Å². The summed E-state index contributed by atoms with van der Waals surface area (Å²) in [5.74, 6) is -0.454. The minimum Gasteiger partial charge on any atom is -0.332 e. The fourth-order valence-electron chi connectivity index (χ4n) is 1.43. The molecular formula is C13H11ClFN3O. The number of pyridine rings is 1. The second kappa shape index (κ2) is 6.15. The number of carbonyl (C=O) groups is 1. The molecule has 0 aliphatic heterocycles. The van der Waals surface area contributed by atoms with Gasteiger partial charge in [0.2, 0.25) is 0 Å². The molecule has 1 aromatic carbocycles. The number of anilines is 1. The number of benzene rings is 1. The number of aromatic nitrogens is 1. The first-order valence-electron chi connectivity index (χ1n) is 5.55. The van der Waals surface area contributed by atoms with E-state index in [1.807, 2.05) is 6.07 Å². The van der Waals surface area contributed by atoms with Crippen molar-refractivity contribution in [1.29, 1.82) is 0 Å². The molecule has 6 heteroatoms. The van der Waals surface area contributed by atoms with Crippen molar-refractivity contribution in [2.75, 3.05) is 5.32 Å². The summed E-state index contributed by atoms with van der Waals surface area (Å²) < 4.78 is 12.8. The Labute approximate surface area is 114 Å².